The molecular formula is C21H34O2. The van der Waals surface area contributed by atoms with E-state index in [0.717, 1.165) is 36.1 Å². The van der Waals surface area contributed by atoms with Crippen LogP contribution in [0.3, 0.4) is 0 Å². The van der Waals surface area contributed by atoms with Gasteiger partial charge >= 0.3 is 0 Å². The van der Waals surface area contributed by atoms with Crippen molar-refractivity contribution in [2.24, 2.45) is 0 Å². The zero-order valence-electron chi connectivity index (χ0n) is 15.8. The molecule has 1 unspecified atom stereocenters. The summed E-state index contributed by atoms with van der Waals surface area (Å²) in [6.07, 6.45) is 7.91. The van der Waals surface area contributed by atoms with E-state index in [4.69, 9.17) is 4.74 Å². The minimum absolute atomic E-state index is 0.119. The van der Waals surface area contributed by atoms with Crippen LogP contribution >= 0.6 is 0 Å². The van der Waals surface area contributed by atoms with Gasteiger partial charge in [-0.15, -0.1) is 0 Å². The molecule has 1 aliphatic rings. The molecule has 2 heteroatoms. The van der Waals surface area contributed by atoms with Crippen molar-refractivity contribution in [3.05, 3.63) is 34.9 Å². The fraction of sp³-hybridized carbons (Fsp3) is 0.619. The van der Waals surface area contributed by atoms with Gasteiger partial charge in [-0.2, -0.15) is 0 Å². The molecule has 0 heterocycles. The largest absolute Gasteiger partial charge is 0.507 e. The predicted molar refractivity (Wildman–Crippen MR) is 99.6 cm³/mol. The van der Waals surface area contributed by atoms with Crippen molar-refractivity contribution in [3.63, 3.8) is 0 Å². The second-order valence-corrected chi connectivity index (χ2v) is 6.46. The maximum absolute atomic E-state index is 10.5. The van der Waals surface area contributed by atoms with E-state index in [9.17, 15) is 5.11 Å². The van der Waals surface area contributed by atoms with E-state index in [2.05, 4.69) is 26.0 Å². The van der Waals surface area contributed by atoms with Gasteiger partial charge in [-0.1, -0.05) is 38.8 Å². The van der Waals surface area contributed by atoms with Gasteiger partial charge in [-0.05, 0) is 64.2 Å². The third-order valence-electron chi connectivity index (χ3n) is 4.02. The highest BCUT2D eigenvalue weighted by atomic mass is 16.5. The summed E-state index contributed by atoms with van der Waals surface area (Å²) in [5, 5.41) is 10.5. The Hall–Kier alpha value is -1.44. The number of ether oxygens (including phenoxy) is 1. The molecule has 0 bridgehead atoms. The monoisotopic (exact) mass is 318 g/mol. The lowest BCUT2D eigenvalue weighted by molar-refractivity contribution is 0.237. The zero-order valence-corrected chi connectivity index (χ0v) is 15.8. The highest BCUT2D eigenvalue weighted by Gasteiger charge is 2.22. The van der Waals surface area contributed by atoms with Crippen molar-refractivity contribution in [2.45, 2.75) is 85.7 Å². The fourth-order valence-corrected chi connectivity index (χ4v) is 3.16. The highest BCUT2D eigenvalue weighted by molar-refractivity contribution is 5.51. The Labute approximate surface area is 142 Å². The SMILES string of the molecule is CC.CCCc1cc(O)c(C2C=C(C)CCC2)c(OC(C)C)c1. The molecule has 0 saturated carbocycles. The van der Waals surface area contributed by atoms with Crippen LogP contribution in [0.5, 0.6) is 11.5 Å². The molecule has 0 spiro atoms. The van der Waals surface area contributed by atoms with Gasteiger partial charge < -0.3 is 9.84 Å². The Bertz CT molecular complexity index is 515. The van der Waals surface area contributed by atoms with E-state index < -0.39 is 0 Å². The molecule has 1 N–H and O–H groups in total. The lowest BCUT2D eigenvalue weighted by Crippen LogP contribution is -2.11. The van der Waals surface area contributed by atoms with Crippen molar-refractivity contribution in [3.8, 4) is 11.5 Å². The van der Waals surface area contributed by atoms with Crippen LogP contribution in [0.2, 0.25) is 0 Å². The van der Waals surface area contributed by atoms with E-state index in [1.807, 2.05) is 33.8 Å². The van der Waals surface area contributed by atoms with Gasteiger partial charge in [0.2, 0.25) is 0 Å². The molecule has 0 fully saturated rings. The lowest BCUT2D eigenvalue weighted by Gasteiger charge is -2.25. The van der Waals surface area contributed by atoms with Crippen molar-refractivity contribution in [1.82, 2.24) is 0 Å². The summed E-state index contributed by atoms with van der Waals surface area (Å²) in [7, 11) is 0. The third-order valence-corrected chi connectivity index (χ3v) is 4.02. The summed E-state index contributed by atoms with van der Waals surface area (Å²) in [5.41, 5.74) is 3.55. The fourth-order valence-electron chi connectivity index (χ4n) is 3.16. The summed E-state index contributed by atoms with van der Waals surface area (Å²) in [6, 6.07) is 4.04. The number of hydrogen-bond acceptors (Lipinski definition) is 2. The first-order valence-electron chi connectivity index (χ1n) is 9.21. The van der Waals surface area contributed by atoms with Crippen LogP contribution < -0.4 is 4.74 Å². The first-order valence-corrected chi connectivity index (χ1v) is 9.21. The summed E-state index contributed by atoms with van der Waals surface area (Å²) in [4.78, 5) is 0. The number of rotatable bonds is 5. The van der Waals surface area contributed by atoms with Crippen LogP contribution in [0.15, 0.2) is 23.8 Å². The molecule has 130 valence electrons. The van der Waals surface area contributed by atoms with Crippen molar-refractivity contribution in [1.29, 1.82) is 0 Å². The first kappa shape index (κ1) is 19.6. The molecule has 1 aromatic rings. The summed E-state index contributed by atoms with van der Waals surface area (Å²) in [5.74, 6) is 1.54. The maximum atomic E-state index is 10.5. The number of aromatic hydroxyl groups is 1. The molecule has 2 rings (SSSR count). The number of phenols is 1. The molecular weight excluding hydrogens is 284 g/mol. The van der Waals surface area contributed by atoms with Gasteiger partial charge in [0.05, 0.1) is 6.10 Å². The van der Waals surface area contributed by atoms with E-state index >= 15 is 0 Å². The first-order chi connectivity index (χ1) is 11.0. The van der Waals surface area contributed by atoms with Crippen molar-refractivity contribution in [2.75, 3.05) is 0 Å². The van der Waals surface area contributed by atoms with Crippen LogP contribution in [0.1, 0.15) is 84.3 Å². The van der Waals surface area contributed by atoms with Gasteiger partial charge in [0.1, 0.15) is 11.5 Å². The lowest BCUT2D eigenvalue weighted by atomic mass is 9.84. The second-order valence-electron chi connectivity index (χ2n) is 6.46. The standard InChI is InChI=1S/C19H28O2.C2H6/c1-5-7-15-11-17(20)19(18(12-15)21-13(2)3)16-9-6-8-14(4)10-16;1-2/h10-13,16,20H,5-9H2,1-4H3;1-2H3. The molecule has 0 aromatic heterocycles. The Morgan fingerprint density at radius 1 is 1.26 bits per heavy atom. The summed E-state index contributed by atoms with van der Waals surface area (Å²) < 4.78 is 6.01. The molecule has 1 aliphatic carbocycles. The molecule has 0 aliphatic heterocycles. The minimum Gasteiger partial charge on any atom is -0.507 e. The Morgan fingerprint density at radius 2 is 1.96 bits per heavy atom. The van der Waals surface area contributed by atoms with Crippen molar-refractivity contribution >= 4 is 0 Å². The van der Waals surface area contributed by atoms with Crippen LogP contribution in [-0.2, 0) is 6.42 Å². The Kier molecular flexibility index (Phi) is 8.22. The average Bonchev–Trinajstić information content (AvgIpc) is 2.48. The molecule has 0 radical (unpaired) electrons. The van der Waals surface area contributed by atoms with Crippen LogP contribution in [0.25, 0.3) is 0 Å². The number of hydrogen-bond donors (Lipinski definition) is 1. The Balaban J connectivity index is 0.00000127. The number of phenolic OH excluding ortho intramolecular Hbond substituents is 1. The predicted octanol–water partition coefficient (Wildman–Crippen LogP) is 6.37. The van der Waals surface area contributed by atoms with E-state index in [0.29, 0.717) is 5.75 Å². The topological polar surface area (TPSA) is 29.5 Å². The second kappa shape index (κ2) is 9.64. The average molecular weight is 319 g/mol. The van der Waals surface area contributed by atoms with Gasteiger partial charge in [0.25, 0.3) is 0 Å². The van der Waals surface area contributed by atoms with Gasteiger partial charge in [-0.25, -0.2) is 0 Å². The molecule has 2 nitrogen and oxygen atoms in total. The summed E-state index contributed by atoms with van der Waals surface area (Å²) >= 11 is 0. The van der Waals surface area contributed by atoms with Gasteiger partial charge in [0.15, 0.2) is 0 Å². The van der Waals surface area contributed by atoms with Crippen LogP contribution in [-0.4, -0.2) is 11.2 Å². The number of benzene rings is 1. The zero-order chi connectivity index (χ0) is 17.4. The quantitative estimate of drug-likeness (QED) is 0.639. The van der Waals surface area contributed by atoms with Crippen molar-refractivity contribution < 1.29 is 9.84 Å². The minimum atomic E-state index is 0.119. The smallest absolute Gasteiger partial charge is 0.127 e. The van der Waals surface area contributed by atoms with E-state index in [1.54, 1.807) is 0 Å². The normalized spacial score (nSPS) is 17.3. The third kappa shape index (κ3) is 5.60. The molecule has 1 aromatic carbocycles. The highest BCUT2D eigenvalue weighted by Crippen LogP contribution is 2.42. The summed E-state index contributed by atoms with van der Waals surface area (Å²) in [6.45, 7) is 12.4. The van der Waals surface area contributed by atoms with Gasteiger partial charge in [-0.3, -0.25) is 0 Å². The number of allylic oxidation sites excluding steroid dienone is 2. The molecule has 23 heavy (non-hydrogen) atoms. The van der Waals surface area contributed by atoms with E-state index in [-0.39, 0.29) is 12.0 Å². The van der Waals surface area contributed by atoms with Gasteiger partial charge in [0, 0.05) is 11.5 Å². The Morgan fingerprint density at radius 3 is 2.52 bits per heavy atom. The molecule has 0 saturated heterocycles. The molecule has 1 atom stereocenters. The molecule has 0 amide bonds. The number of aryl methyl sites for hydroxylation is 1. The van der Waals surface area contributed by atoms with E-state index in [1.165, 1.54) is 18.4 Å². The van der Waals surface area contributed by atoms with Crippen LogP contribution in [0.4, 0.5) is 0 Å². The van der Waals surface area contributed by atoms with Crippen LogP contribution in [0, 0.1) is 0 Å². The maximum Gasteiger partial charge on any atom is 0.127 e.